The number of hydrogen-bond acceptors (Lipinski definition) is 5. The summed E-state index contributed by atoms with van der Waals surface area (Å²) in [7, 11) is 0. The SMILES string of the molecule is CCCOc1ccc(NC(=O)C2Oc3ccccc3OC2C)cc1OCCC. The van der Waals surface area contributed by atoms with Gasteiger partial charge in [0, 0.05) is 11.8 Å². The number of rotatable bonds is 8. The van der Waals surface area contributed by atoms with Crippen molar-refractivity contribution >= 4 is 11.6 Å². The van der Waals surface area contributed by atoms with Crippen LogP contribution in [0.5, 0.6) is 23.0 Å². The van der Waals surface area contributed by atoms with E-state index >= 15 is 0 Å². The first-order chi connectivity index (χ1) is 13.6. The van der Waals surface area contributed by atoms with E-state index in [4.69, 9.17) is 18.9 Å². The van der Waals surface area contributed by atoms with Crippen LogP contribution in [0.4, 0.5) is 5.69 Å². The minimum absolute atomic E-state index is 0.273. The normalized spacial score (nSPS) is 17.7. The lowest BCUT2D eigenvalue weighted by Gasteiger charge is -2.31. The second-order valence-corrected chi connectivity index (χ2v) is 6.66. The zero-order valence-corrected chi connectivity index (χ0v) is 16.6. The van der Waals surface area contributed by atoms with Crippen molar-refractivity contribution in [2.75, 3.05) is 18.5 Å². The van der Waals surface area contributed by atoms with E-state index in [0.717, 1.165) is 12.8 Å². The third kappa shape index (κ3) is 4.68. The van der Waals surface area contributed by atoms with E-state index in [1.807, 2.05) is 45.0 Å². The average molecular weight is 385 g/mol. The average Bonchev–Trinajstić information content (AvgIpc) is 2.70. The van der Waals surface area contributed by atoms with Gasteiger partial charge in [-0.15, -0.1) is 0 Å². The molecule has 6 nitrogen and oxygen atoms in total. The Morgan fingerprint density at radius 3 is 2.29 bits per heavy atom. The number of carbonyl (C=O) groups excluding carboxylic acids is 1. The van der Waals surface area contributed by atoms with Crippen LogP contribution < -0.4 is 24.3 Å². The summed E-state index contributed by atoms with van der Waals surface area (Å²) in [5.41, 5.74) is 0.620. The van der Waals surface area contributed by atoms with Gasteiger partial charge in [0.25, 0.3) is 5.91 Å². The molecule has 0 fully saturated rings. The molecule has 0 saturated heterocycles. The van der Waals surface area contributed by atoms with Gasteiger partial charge in [0.2, 0.25) is 6.10 Å². The van der Waals surface area contributed by atoms with Gasteiger partial charge in [0.1, 0.15) is 6.10 Å². The highest BCUT2D eigenvalue weighted by Crippen LogP contribution is 2.34. The van der Waals surface area contributed by atoms with Gasteiger partial charge in [-0.2, -0.15) is 0 Å². The van der Waals surface area contributed by atoms with E-state index in [9.17, 15) is 4.79 Å². The fourth-order valence-electron chi connectivity index (χ4n) is 2.86. The van der Waals surface area contributed by atoms with Gasteiger partial charge in [-0.3, -0.25) is 4.79 Å². The Bertz CT molecular complexity index is 807. The van der Waals surface area contributed by atoms with Crippen LogP contribution in [0.15, 0.2) is 42.5 Å². The molecule has 1 amide bonds. The number of anilines is 1. The van der Waals surface area contributed by atoms with Crippen molar-refractivity contribution < 1.29 is 23.7 Å². The van der Waals surface area contributed by atoms with E-state index < -0.39 is 12.2 Å². The highest BCUT2D eigenvalue weighted by Gasteiger charge is 2.34. The lowest BCUT2D eigenvalue weighted by atomic mass is 10.1. The molecule has 2 unspecified atom stereocenters. The van der Waals surface area contributed by atoms with Crippen LogP contribution in [-0.2, 0) is 4.79 Å². The number of nitrogens with one attached hydrogen (secondary N) is 1. The molecule has 2 aromatic carbocycles. The molecular formula is C22H27NO5. The van der Waals surface area contributed by atoms with E-state index in [-0.39, 0.29) is 5.91 Å². The third-order valence-corrected chi connectivity index (χ3v) is 4.24. The molecule has 3 rings (SSSR count). The molecule has 1 heterocycles. The van der Waals surface area contributed by atoms with E-state index in [2.05, 4.69) is 5.32 Å². The number of para-hydroxylation sites is 2. The molecule has 2 atom stereocenters. The lowest BCUT2D eigenvalue weighted by Crippen LogP contribution is -2.46. The largest absolute Gasteiger partial charge is 0.490 e. The maximum absolute atomic E-state index is 12.8. The van der Waals surface area contributed by atoms with Gasteiger partial charge in [-0.1, -0.05) is 26.0 Å². The number of carbonyl (C=O) groups is 1. The zero-order valence-electron chi connectivity index (χ0n) is 16.6. The molecule has 0 radical (unpaired) electrons. The van der Waals surface area contributed by atoms with Crippen LogP contribution in [0.3, 0.4) is 0 Å². The van der Waals surface area contributed by atoms with Gasteiger partial charge in [0.15, 0.2) is 23.0 Å². The molecule has 28 heavy (non-hydrogen) atoms. The van der Waals surface area contributed by atoms with Crippen LogP contribution in [0.2, 0.25) is 0 Å². The second kappa shape index (κ2) is 9.35. The monoisotopic (exact) mass is 385 g/mol. The Morgan fingerprint density at radius 1 is 0.964 bits per heavy atom. The molecule has 6 heteroatoms. The molecule has 0 saturated carbocycles. The Labute approximate surface area is 165 Å². The standard InChI is InChI=1S/C22H27NO5/c1-4-12-25-17-11-10-16(14-20(17)26-13-5-2)23-22(24)21-15(3)27-18-8-6-7-9-19(18)28-21/h6-11,14-15,21H,4-5,12-13H2,1-3H3,(H,23,24). The summed E-state index contributed by atoms with van der Waals surface area (Å²) in [4.78, 5) is 12.8. The summed E-state index contributed by atoms with van der Waals surface area (Å²) >= 11 is 0. The third-order valence-electron chi connectivity index (χ3n) is 4.24. The summed E-state index contributed by atoms with van der Waals surface area (Å²) in [6.45, 7) is 7.09. The number of ether oxygens (including phenoxy) is 4. The molecule has 1 aliphatic rings. The van der Waals surface area contributed by atoms with Crippen molar-refractivity contribution in [1.29, 1.82) is 0 Å². The first-order valence-electron chi connectivity index (χ1n) is 9.75. The predicted molar refractivity (Wildman–Crippen MR) is 108 cm³/mol. The molecular weight excluding hydrogens is 358 g/mol. The zero-order chi connectivity index (χ0) is 19.9. The lowest BCUT2D eigenvalue weighted by molar-refractivity contribution is -0.128. The highest BCUT2D eigenvalue weighted by molar-refractivity contribution is 5.95. The summed E-state index contributed by atoms with van der Waals surface area (Å²) < 4.78 is 23.2. The summed E-state index contributed by atoms with van der Waals surface area (Å²) in [5.74, 6) is 2.23. The van der Waals surface area contributed by atoms with Gasteiger partial charge in [-0.25, -0.2) is 0 Å². The summed E-state index contributed by atoms with van der Waals surface area (Å²) in [5, 5.41) is 2.89. The van der Waals surface area contributed by atoms with Gasteiger partial charge in [-0.05, 0) is 44.0 Å². The van der Waals surface area contributed by atoms with Crippen molar-refractivity contribution in [2.45, 2.75) is 45.8 Å². The van der Waals surface area contributed by atoms with Gasteiger partial charge in [0.05, 0.1) is 13.2 Å². The quantitative estimate of drug-likeness (QED) is 0.728. The first kappa shape index (κ1) is 19.9. The molecule has 0 bridgehead atoms. The Balaban J connectivity index is 1.72. The molecule has 0 aliphatic carbocycles. The smallest absolute Gasteiger partial charge is 0.269 e. The van der Waals surface area contributed by atoms with Crippen LogP contribution in [0.1, 0.15) is 33.6 Å². The minimum atomic E-state index is -0.745. The topological polar surface area (TPSA) is 66.0 Å². The predicted octanol–water partition coefficient (Wildman–Crippen LogP) is 4.43. The first-order valence-corrected chi connectivity index (χ1v) is 9.75. The Kier molecular flexibility index (Phi) is 6.63. The molecule has 0 aromatic heterocycles. The minimum Gasteiger partial charge on any atom is -0.490 e. The van der Waals surface area contributed by atoms with Crippen LogP contribution in [-0.4, -0.2) is 31.3 Å². The maximum Gasteiger partial charge on any atom is 0.269 e. The van der Waals surface area contributed by atoms with Gasteiger partial charge >= 0.3 is 0 Å². The molecule has 1 N–H and O–H groups in total. The highest BCUT2D eigenvalue weighted by atomic mass is 16.6. The van der Waals surface area contributed by atoms with Gasteiger partial charge < -0.3 is 24.3 Å². The number of benzene rings is 2. The fourth-order valence-corrected chi connectivity index (χ4v) is 2.86. The summed E-state index contributed by atoms with van der Waals surface area (Å²) in [6, 6.07) is 12.7. The van der Waals surface area contributed by atoms with E-state index in [1.165, 1.54) is 0 Å². The van der Waals surface area contributed by atoms with Crippen LogP contribution in [0.25, 0.3) is 0 Å². The molecule has 1 aliphatic heterocycles. The van der Waals surface area contributed by atoms with Crippen LogP contribution in [0, 0.1) is 0 Å². The van der Waals surface area contributed by atoms with Crippen molar-refractivity contribution in [3.8, 4) is 23.0 Å². The molecule has 0 spiro atoms. The van der Waals surface area contributed by atoms with Crippen molar-refractivity contribution in [2.24, 2.45) is 0 Å². The number of hydrogen-bond donors (Lipinski definition) is 1. The summed E-state index contributed by atoms with van der Waals surface area (Å²) in [6.07, 6.45) is 0.640. The van der Waals surface area contributed by atoms with Crippen molar-refractivity contribution in [3.05, 3.63) is 42.5 Å². The van der Waals surface area contributed by atoms with Crippen LogP contribution >= 0.6 is 0 Å². The molecule has 2 aromatic rings. The molecule has 150 valence electrons. The Hall–Kier alpha value is -2.89. The number of fused-ring (bicyclic) bond motifs is 1. The van der Waals surface area contributed by atoms with Crippen molar-refractivity contribution in [3.63, 3.8) is 0 Å². The van der Waals surface area contributed by atoms with E-state index in [1.54, 1.807) is 18.2 Å². The maximum atomic E-state index is 12.8. The fraction of sp³-hybridized carbons (Fsp3) is 0.409. The second-order valence-electron chi connectivity index (χ2n) is 6.66. The Morgan fingerprint density at radius 2 is 1.61 bits per heavy atom. The van der Waals surface area contributed by atoms with Crippen molar-refractivity contribution in [1.82, 2.24) is 0 Å². The number of amides is 1. The van der Waals surface area contributed by atoms with E-state index in [0.29, 0.717) is 41.9 Å².